The lowest BCUT2D eigenvalue weighted by Crippen LogP contribution is -2.11. The van der Waals surface area contributed by atoms with E-state index in [0.717, 1.165) is 5.82 Å². The molecule has 0 atom stereocenters. The quantitative estimate of drug-likeness (QED) is 0.803. The van der Waals surface area contributed by atoms with Crippen molar-refractivity contribution in [3.8, 4) is 0 Å². The third-order valence-corrected chi connectivity index (χ3v) is 2.90. The standard InChI is InChI=1S/C12H14N4O3/c1-8(17)9-5-10(12(18)19)16(6-9)4-3-11-14-13-7-15(11)2/h5-7H,3-4H2,1-2H3,(H,18,19). The van der Waals surface area contributed by atoms with E-state index in [1.807, 2.05) is 7.05 Å². The van der Waals surface area contributed by atoms with Gasteiger partial charge in [-0.3, -0.25) is 4.79 Å². The lowest BCUT2D eigenvalue weighted by molar-refractivity contribution is 0.0685. The van der Waals surface area contributed by atoms with Gasteiger partial charge in [-0.1, -0.05) is 0 Å². The van der Waals surface area contributed by atoms with Gasteiger partial charge in [-0.15, -0.1) is 10.2 Å². The zero-order chi connectivity index (χ0) is 14.0. The minimum absolute atomic E-state index is 0.104. The molecule has 0 saturated carbocycles. The highest BCUT2D eigenvalue weighted by molar-refractivity contribution is 5.97. The van der Waals surface area contributed by atoms with Crippen molar-refractivity contribution in [3.63, 3.8) is 0 Å². The van der Waals surface area contributed by atoms with E-state index < -0.39 is 5.97 Å². The maximum atomic E-state index is 11.3. The Balaban J connectivity index is 2.21. The second-order valence-corrected chi connectivity index (χ2v) is 4.28. The summed E-state index contributed by atoms with van der Waals surface area (Å²) in [6.07, 6.45) is 3.69. The van der Waals surface area contributed by atoms with Crippen LogP contribution in [0.1, 0.15) is 33.6 Å². The summed E-state index contributed by atoms with van der Waals surface area (Å²) in [5.41, 5.74) is 0.503. The molecule has 2 rings (SSSR count). The van der Waals surface area contributed by atoms with Crippen LogP contribution in [0.2, 0.25) is 0 Å². The normalized spacial score (nSPS) is 10.6. The molecule has 0 bridgehead atoms. The molecule has 0 aromatic carbocycles. The highest BCUT2D eigenvalue weighted by Crippen LogP contribution is 2.11. The first kappa shape index (κ1) is 13.0. The second kappa shape index (κ2) is 5.05. The van der Waals surface area contributed by atoms with E-state index in [9.17, 15) is 9.59 Å². The van der Waals surface area contributed by atoms with Crippen molar-refractivity contribution in [2.24, 2.45) is 7.05 Å². The number of nitrogens with zero attached hydrogens (tertiary/aromatic N) is 4. The zero-order valence-electron chi connectivity index (χ0n) is 10.7. The number of carboxylic acid groups (broad SMARTS) is 1. The third kappa shape index (κ3) is 2.70. The van der Waals surface area contributed by atoms with Crippen LogP contribution < -0.4 is 0 Å². The van der Waals surface area contributed by atoms with Gasteiger partial charge in [0.1, 0.15) is 17.8 Å². The van der Waals surface area contributed by atoms with Crippen molar-refractivity contribution in [2.45, 2.75) is 19.9 Å². The van der Waals surface area contributed by atoms with Crippen LogP contribution in [0.3, 0.4) is 0 Å². The Morgan fingerprint density at radius 2 is 2.16 bits per heavy atom. The molecule has 0 aliphatic rings. The molecule has 100 valence electrons. The molecule has 19 heavy (non-hydrogen) atoms. The Labute approximate surface area is 109 Å². The molecule has 0 amide bonds. The van der Waals surface area contributed by atoms with Crippen LogP contribution in [0, 0.1) is 0 Å². The van der Waals surface area contributed by atoms with Gasteiger partial charge in [-0.05, 0) is 13.0 Å². The molecule has 7 nitrogen and oxygen atoms in total. The molecule has 2 aromatic heterocycles. The van der Waals surface area contributed by atoms with Crippen molar-refractivity contribution >= 4 is 11.8 Å². The molecule has 0 saturated heterocycles. The van der Waals surface area contributed by atoms with Gasteiger partial charge in [0.15, 0.2) is 5.78 Å². The number of rotatable bonds is 5. The van der Waals surface area contributed by atoms with Gasteiger partial charge in [-0.2, -0.15) is 0 Å². The summed E-state index contributed by atoms with van der Waals surface area (Å²) in [5, 5.41) is 16.8. The summed E-state index contributed by atoms with van der Waals surface area (Å²) in [7, 11) is 1.82. The maximum Gasteiger partial charge on any atom is 0.352 e. The molecule has 0 aliphatic carbocycles. The highest BCUT2D eigenvalue weighted by atomic mass is 16.4. The van der Waals surface area contributed by atoms with Gasteiger partial charge >= 0.3 is 5.97 Å². The lowest BCUT2D eigenvalue weighted by Gasteiger charge is -2.05. The largest absolute Gasteiger partial charge is 0.477 e. The number of aromatic carboxylic acids is 1. The fraction of sp³-hybridized carbons (Fsp3) is 0.333. The number of ketones is 1. The second-order valence-electron chi connectivity index (χ2n) is 4.28. The first-order valence-electron chi connectivity index (χ1n) is 5.76. The number of carboxylic acids is 1. The van der Waals surface area contributed by atoms with Crippen molar-refractivity contribution in [1.82, 2.24) is 19.3 Å². The topological polar surface area (TPSA) is 90.0 Å². The smallest absolute Gasteiger partial charge is 0.352 e. The lowest BCUT2D eigenvalue weighted by atomic mass is 10.2. The number of carbonyl (C=O) groups is 2. The Morgan fingerprint density at radius 3 is 2.68 bits per heavy atom. The van der Waals surface area contributed by atoms with E-state index in [4.69, 9.17) is 5.11 Å². The predicted molar refractivity (Wildman–Crippen MR) is 66.1 cm³/mol. The summed E-state index contributed by atoms with van der Waals surface area (Å²) in [5.74, 6) is -0.445. The van der Waals surface area contributed by atoms with E-state index >= 15 is 0 Å². The SMILES string of the molecule is CC(=O)c1cc(C(=O)O)n(CCc2nncn2C)c1. The molecule has 0 fully saturated rings. The summed E-state index contributed by atoms with van der Waals surface area (Å²) < 4.78 is 3.32. The zero-order valence-corrected chi connectivity index (χ0v) is 10.7. The van der Waals surface area contributed by atoms with Gasteiger partial charge in [0.2, 0.25) is 0 Å². The summed E-state index contributed by atoms with van der Waals surface area (Å²) in [4.78, 5) is 22.4. The number of carbonyl (C=O) groups excluding carboxylic acids is 1. The summed E-state index contributed by atoms with van der Waals surface area (Å²) in [6.45, 7) is 1.84. The minimum atomic E-state index is -1.05. The van der Waals surface area contributed by atoms with E-state index in [2.05, 4.69) is 10.2 Å². The van der Waals surface area contributed by atoms with Crippen LogP contribution >= 0.6 is 0 Å². The molecular formula is C12H14N4O3. The van der Waals surface area contributed by atoms with Gasteiger partial charge < -0.3 is 14.2 Å². The molecule has 2 aromatic rings. The van der Waals surface area contributed by atoms with Crippen molar-refractivity contribution in [3.05, 3.63) is 35.7 Å². The summed E-state index contributed by atoms with van der Waals surface area (Å²) >= 11 is 0. The molecule has 0 spiro atoms. The number of Topliss-reactive ketones (excluding diaryl/α,β-unsaturated/α-hetero) is 1. The predicted octanol–water partition coefficient (Wildman–Crippen LogP) is 0.760. The Morgan fingerprint density at radius 1 is 1.42 bits per heavy atom. The number of aromatic nitrogens is 4. The molecule has 1 N–H and O–H groups in total. The fourth-order valence-electron chi connectivity index (χ4n) is 1.82. The average molecular weight is 262 g/mol. The Bertz CT molecular complexity index is 627. The van der Waals surface area contributed by atoms with Crippen LogP contribution in [0.15, 0.2) is 18.6 Å². The average Bonchev–Trinajstić information content (AvgIpc) is 2.92. The highest BCUT2D eigenvalue weighted by Gasteiger charge is 2.15. The number of hydrogen-bond acceptors (Lipinski definition) is 4. The number of aryl methyl sites for hydroxylation is 3. The molecule has 2 heterocycles. The van der Waals surface area contributed by atoms with E-state index in [-0.39, 0.29) is 11.5 Å². The van der Waals surface area contributed by atoms with Crippen molar-refractivity contribution in [1.29, 1.82) is 0 Å². The van der Waals surface area contributed by atoms with Gasteiger partial charge in [-0.25, -0.2) is 4.79 Å². The Hall–Kier alpha value is -2.44. The minimum Gasteiger partial charge on any atom is -0.477 e. The van der Waals surface area contributed by atoms with Crippen LogP contribution in [0.5, 0.6) is 0 Å². The first-order chi connectivity index (χ1) is 8.99. The van der Waals surface area contributed by atoms with Crippen LogP contribution in [0.4, 0.5) is 0 Å². The van der Waals surface area contributed by atoms with E-state index in [1.54, 1.807) is 21.7 Å². The van der Waals surface area contributed by atoms with Crippen molar-refractivity contribution < 1.29 is 14.7 Å². The van der Waals surface area contributed by atoms with Crippen molar-refractivity contribution in [2.75, 3.05) is 0 Å². The van der Waals surface area contributed by atoms with E-state index in [1.165, 1.54) is 13.0 Å². The summed E-state index contributed by atoms with van der Waals surface area (Å²) in [6, 6.07) is 1.39. The van der Waals surface area contributed by atoms with Gasteiger partial charge in [0.05, 0.1) is 0 Å². The molecule has 0 radical (unpaired) electrons. The van der Waals surface area contributed by atoms with Gasteiger partial charge in [0.25, 0.3) is 0 Å². The fourth-order valence-corrected chi connectivity index (χ4v) is 1.82. The van der Waals surface area contributed by atoms with Gasteiger partial charge in [0, 0.05) is 31.8 Å². The monoisotopic (exact) mass is 262 g/mol. The molecular weight excluding hydrogens is 248 g/mol. The third-order valence-electron chi connectivity index (χ3n) is 2.90. The molecule has 0 unspecified atom stereocenters. The van der Waals surface area contributed by atoms with Crippen LogP contribution in [0.25, 0.3) is 0 Å². The van der Waals surface area contributed by atoms with E-state index in [0.29, 0.717) is 18.5 Å². The Kier molecular flexibility index (Phi) is 3.46. The molecule has 7 heteroatoms. The maximum absolute atomic E-state index is 11.3. The van der Waals surface area contributed by atoms with Crippen LogP contribution in [-0.2, 0) is 20.0 Å². The van der Waals surface area contributed by atoms with Crippen LogP contribution in [-0.4, -0.2) is 36.2 Å². The number of hydrogen-bond donors (Lipinski definition) is 1. The first-order valence-corrected chi connectivity index (χ1v) is 5.76. The molecule has 0 aliphatic heterocycles.